The quantitative estimate of drug-likeness (QED) is 0.736. The third-order valence-electron chi connectivity index (χ3n) is 1.96. The lowest BCUT2D eigenvalue weighted by Gasteiger charge is -2.09. The molecule has 3 nitrogen and oxygen atoms in total. The van der Waals surface area contributed by atoms with E-state index in [0.717, 1.165) is 5.56 Å². The van der Waals surface area contributed by atoms with Crippen molar-refractivity contribution >= 4 is 5.90 Å². The van der Waals surface area contributed by atoms with Gasteiger partial charge < -0.3 is 9.84 Å². The Balaban J connectivity index is 2.17. The number of aliphatic hydroxyl groups excluding tert-OH is 1. The third kappa shape index (κ3) is 1.70. The molecule has 1 aliphatic heterocycles. The molecule has 1 aromatic rings. The Morgan fingerprint density at radius 3 is 2.69 bits per heavy atom. The molecule has 0 saturated carbocycles. The zero-order valence-electron chi connectivity index (χ0n) is 7.18. The molecule has 13 heavy (non-hydrogen) atoms. The molecule has 1 aromatic carbocycles. The second kappa shape index (κ2) is 3.58. The number of aliphatic hydroxyl groups is 1. The van der Waals surface area contributed by atoms with Gasteiger partial charge in [0.2, 0.25) is 5.90 Å². The van der Waals surface area contributed by atoms with Gasteiger partial charge in [0.1, 0.15) is 6.61 Å². The molecular weight excluding hydrogens is 166 g/mol. The normalized spacial score (nSPS) is 17.8. The second-order valence-corrected chi connectivity index (χ2v) is 2.88. The van der Waals surface area contributed by atoms with E-state index in [1.807, 2.05) is 30.3 Å². The largest absolute Gasteiger partial charge is 0.477 e. The highest BCUT2D eigenvalue weighted by atomic mass is 16.5. The van der Waals surface area contributed by atoms with Crippen molar-refractivity contribution in [1.82, 2.24) is 0 Å². The first-order valence-corrected chi connectivity index (χ1v) is 4.28. The number of hydrogen-bond acceptors (Lipinski definition) is 3. The van der Waals surface area contributed by atoms with E-state index in [9.17, 15) is 5.11 Å². The van der Waals surface area contributed by atoms with Crippen LogP contribution in [0, 0.1) is 0 Å². The Morgan fingerprint density at radius 2 is 2.08 bits per heavy atom. The van der Waals surface area contributed by atoms with Crippen molar-refractivity contribution < 1.29 is 9.84 Å². The Kier molecular flexibility index (Phi) is 2.27. The summed E-state index contributed by atoms with van der Waals surface area (Å²) in [6.45, 7) is 1.23. The molecule has 0 saturated heterocycles. The van der Waals surface area contributed by atoms with Crippen molar-refractivity contribution in [3.05, 3.63) is 35.9 Å². The fourth-order valence-electron chi connectivity index (χ4n) is 1.30. The molecule has 1 unspecified atom stereocenters. The van der Waals surface area contributed by atoms with E-state index >= 15 is 0 Å². The fourth-order valence-corrected chi connectivity index (χ4v) is 1.30. The van der Waals surface area contributed by atoms with Gasteiger partial charge in [0.05, 0.1) is 6.54 Å². The Morgan fingerprint density at radius 1 is 1.31 bits per heavy atom. The average Bonchev–Trinajstić information content (AvgIpc) is 2.71. The van der Waals surface area contributed by atoms with E-state index in [1.165, 1.54) is 0 Å². The van der Waals surface area contributed by atoms with Crippen molar-refractivity contribution in [3.63, 3.8) is 0 Å². The van der Waals surface area contributed by atoms with Gasteiger partial charge in [-0.3, -0.25) is 0 Å². The lowest BCUT2D eigenvalue weighted by atomic mass is 10.1. The zero-order valence-corrected chi connectivity index (χ0v) is 7.18. The van der Waals surface area contributed by atoms with Gasteiger partial charge in [-0.2, -0.15) is 0 Å². The monoisotopic (exact) mass is 177 g/mol. The summed E-state index contributed by atoms with van der Waals surface area (Å²) in [6.07, 6.45) is -0.705. The highest BCUT2D eigenvalue weighted by Gasteiger charge is 2.18. The van der Waals surface area contributed by atoms with Crippen molar-refractivity contribution in [2.24, 2.45) is 4.99 Å². The number of nitrogens with zero attached hydrogens (tertiary/aromatic N) is 1. The summed E-state index contributed by atoms with van der Waals surface area (Å²) in [5, 5.41) is 9.76. The standard InChI is InChI=1S/C10H11NO2/c12-9(10-11-6-7-13-10)8-4-2-1-3-5-8/h1-5,9,12H,6-7H2. The van der Waals surface area contributed by atoms with Gasteiger partial charge in [-0.1, -0.05) is 30.3 Å². The second-order valence-electron chi connectivity index (χ2n) is 2.88. The highest BCUT2D eigenvalue weighted by Crippen LogP contribution is 2.16. The van der Waals surface area contributed by atoms with Crippen LogP contribution in [0.1, 0.15) is 11.7 Å². The van der Waals surface area contributed by atoms with Gasteiger partial charge in [-0.25, -0.2) is 4.99 Å². The van der Waals surface area contributed by atoms with E-state index in [0.29, 0.717) is 19.0 Å². The average molecular weight is 177 g/mol. The SMILES string of the molecule is OC(C1=NCCO1)c1ccccc1. The molecule has 0 amide bonds. The summed E-state index contributed by atoms with van der Waals surface area (Å²) in [6, 6.07) is 9.39. The lowest BCUT2D eigenvalue weighted by Crippen LogP contribution is -2.11. The molecule has 1 aliphatic rings. The lowest BCUT2D eigenvalue weighted by molar-refractivity contribution is 0.202. The van der Waals surface area contributed by atoms with Crippen LogP contribution in [0.5, 0.6) is 0 Å². The summed E-state index contributed by atoms with van der Waals surface area (Å²) < 4.78 is 5.17. The summed E-state index contributed by atoms with van der Waals surface area (Å²) in [7, 11) is 0. The predicted molar refractivity (Wildman–Crippen MR) is 49.7 cm³/mol. The molecular formula is C10H11NO2. The fraction of sp³-hybridized carbons (Fsp3) is 0.300. The van der Waals surface area contributed by atoms with E-state index in [1.54, 1.807) is 0 Å². The van der Waals surface area contributed by atoms with Gasteiger partial charge in [0.15, 0.2) is 6.10 Å². The Labute approximate surface area is 76.7 Å². The van der Waals surface area contributed by atoms with Crippen LogP contribution in [0.3, 0.4) is 0 Å². The smallest absolute Gasteiger partial charge is 0.218 e. The summed E-state index contributed by atoms with van der Waals surface area (Å²) in [4.78, 5) is 4.06. The Bertz CT molecular complexity index is 308. The van der Waals surface area contributed by atoms with Gasteiger partial charge in [-0.05, 0) is 5.56 Å². The minimum absolute atomic E-state index is 0.436. The minimum atomic E-state index is -0.705. The highest BCUT2D eigenvalue weighted by molar-refractivity contribution is 5.83. The molecule has 1 N–H and O–H groups in total. The molecule has 0 bridgehead atoms. The van der Waals surface area contributed by atoms with Crippen LogP contribution in [0.4, 0.5) is 0 Å². The van der Waals surface area contributed by atoms with Gasteiger partial charge in [0.25, 0.3) is 0 Å². The van der Waals surface area contributed by atoms with Crippen LogP contribution in [0.2, 0.25) is 0 Å². The molecule has 0 fully saturated rings. The van der Waals surface area contributed by atoms with Gasteiger partial charge in [-0.15, -0.1) is 0 Å². The maximum Gasteiger partial charge on any atom is 0.218 e. The topological polar surface area (TPSA) is 41.8 Å². The summed E-state index contributed by atoms with van der Waals surface area (Å²) >= 11 is 0. The maximum atomic E-state index is 9.76. The zero-order chi connectivity index (χ0) is 9.10. The number of rotatable bonds is 2. The van der Waals surface area contributed by atoms with Crippen molar-refractivity contribution in [2.75, 3.05) is 13.2 Å². The number of aliphatic imine (C=N–C) groups is 1. The molecule has 1 heterocycles. The van der Waals surface area contributed by atoms with Gasteiger partial charge >= 0.3 is 0 Å². The summed E-state index contributed by atoms with van der Waals surface area (Å²) in [5.41, 5.74) is 0.822. The van der Waals surface area contributed by atoms with Crippen molar-refractivity contribution in [2.45, 2.75) is 6.10 Å². The number of benzene rings is 1. The molecule has 0 aliphatic carbocycles. The van der Waals surface area contributed by atoms with E-state index in [2.05, 4.69) is 4.99 Å². The van der Waals surface area contributed by atoms with Crippen molar-refractivity contribution in [3.8, 4) is 0 Å². The van der Waals surface area contributed by atoms with Gasteiger partial charge in [0, 0.05) is 0 Å². The maximum absolute atomic E-state index is 9.76. The Hall–Kier alpha value is -1.35. The van der Waals surface area contributed by atoms with E-state index < -0.39 is 6.10 Å². The number of ether oxygens (including phenoxy) is 1. The van der Waals surface area contributed by atoms with Crippen LogP contribution in [0.25, 0.3) is 0 Å². The van der Waals surface area contributed by atoms with Crippen LogP contribution < -0.4 is 0 Å². The molecule has 1 atom stereocenters. The van der Waals surface area contributed by atoms with Crippen LogP contribution >= 0.6 is 0 Å². The van der Waals surface area contributed by atoms with Crippen LogP contribution in [-0.4, -0.2) is 24.2 Å². The predicted octanol–water partition coefficient (Wildman–Crippen LogP) is 1.15. The minimum Gasteiger partial charge on any atom is -0.477 e. The number of hydrogen-bond donors (Lipinski definition) is 1. The molecule has 0 spiro atoms. The molecule has 3 heteroatoms. The molecule has 0 aromatic heterocycles. The van der Waals surface area contributed by atoms with E-state index in [4.69, 9.17) is 4.74 Å². The van der Waals surface area contributed by atoms with E-state index in [-0.39, 0.29) is 0 Å². The first-order valence-electron chi connectivity index (χ1n) is 4.28. The van der Waals surface area contributed by atoms with Crippen LogP contribution in [0.15, 0.2) is 35.3 Å². The van der Waals surface area contributed by atoms with Crippen molar-refractivity contribution in [1.29, 1.82) is 0 Å². The molecule has 0 radical (unpaired) electrons. The first kappa shape index (κ1) is 8.26. The summed E-state index contributed by atoms with van der Waals surface area (Å²) in [5.74, 6) is 0.436. The first-order chi connectivity index (χ1) is 6.38. The van der Waals surface area contributed by atoms with Crippen LogP contribution in [-0.2, 0) is 4.74 Å². The molecule has 2 rings (SSSR count). The molecule has 68 valence electrons. The third-order valence-corrected chi connectivity index (χ3v) is 1.96.